The molecule has 0 unspecified atom stereocenters. The summed E-state index contributed by atoms with van der Waals surface area (Å²) in [5, 5.41) is 0. The molecule has 0 bridgehead atoms. The zero-order valence-corrected chi connectivity index (χ0v) is 10.0. The van der Waals surface area contributed by atoms with Crippen LogP contribution in [0.2, 0.25) is 0 Å². The Balaban J connectivity index is 3.50. The van der Waals surface area contributed by atoms with Gasteiger partial charge in [-0.1, -0.05) is 0 Å². The second kappa shape index (κ2) is 3.94. The quantitative estimate of drug-likeness (QED) is 0.562. The minimum absolute atomic E-state index is 0.0602. The number of rotatable bonds is 2. The molecule has 0 aliphatic carbocycles. The first-order valence-electron chi connectivity index (χ1n) is 3.65. The van der Waals surface area contributed by atoms with Gasteiger partial charge in [0.1, 0.15) is 0 Å². The molecule has 5 heteroatoms. The summed E-state index contributed by atoms with van der Waals surface area (Å²) >= 11 is 0.747. The minimum atomic E-state index is -4.12. The van der Waals surface area contributed by atoms with Crippen molar-refractivity contribution in [1.29, 1.82) is 0 Å². The molecule has 1 N–H and O–H groups in total. The first-order chi connectivity index (χ1) is 5.95. The number of hydrogen-bond donors (Lipinski definition) is 1. The molecule has 13 heavy (non-hydrogen) atoms. The van der Waals surface area contributed by atoms with E-state index in [1.807, 2.05) is 6.07 Å². The van der Waals surface area contributed by atoms with E-state index < -0.39 is 10.1 Å². The molecule has 0 aliphatic heterocycles. The summed E-state index contributed by atoms with van der Waals surface area (Å²) in [6, 6.07) is 4.93. The molecule has 0 spiro atoms. The van der Waals surface area contributed by atoms with Gasteiger partial charge in [-0.2, -0.15) is 0 Å². The van der Waals surface area contributed by atoms with Crippen molar-refractivity contribution in [3.63, 3.8) is 0 Å². The molecule has 0 aromatic heterocycles. The van der Waals surface area contributed by atoms with Gasteiger partial charge in [-0.3, -0.25) is 0 Å². The predicted molar refractivity (Wildman–Crippen MR) is 51.7 cm³/mol. The predicted octanol–water partition coefficient (Wildman–Crippen LogP) is 0.370. The summed E-state index contributed by atoms with van der Waals surface area (Å²) in [6.45, 7) is 3.47. The maximum atomic E-state index is 10.9. The number of benzene rings is 1. The van der Waals surface area contributed by atoms with Crippen LogP contribution in [-0.2, 0) is 10.1 Å². The van der Waals surface area contributed by atoms with Crippen molar-refractivity contribution in [3.8, 4) is 0 Å². The summed E-state index contributed by atoms with van der Waals surface area (Å²) < 4.78 is 31.6. The van der Waals surface area contributed by atoms with Crippen LogP contribution in [0.4, 0.5) is 0 Å². The van der Waals surface area contributed by atoms with Gasteiger partial charge in [0.2, 0.25) is 0 Å². The van der Waals surface area contributed by atoms with Crippen molar-refractivity contribution in [1.82, 2.24) is 0 Å². The standard InChI is InChI=1S/C8H7O3S.Na/c1-2-7-5-3-4-6-8(7)12(9,10)11;/h2-3,5-6H,1H2,(H,9,10,11);. The summed E-state index contributed by atoms with van der Waals surface area (Å²) in [4.78, 5) is -0.0602. The first kappa shape index (κ1) is 10.9. The molecule has 0 amide bonds. The fourth-order valence-corrected chi connectivity index (χ4v) is 2.48. The molecule has 0 radical (unpaired) electrons. The third kappa shape index (κ3) is 2.65. The average Bonchev–Trinajstić information content (AvgIpc) is 2.03. The molecular weight excluding hydrogens is 199 g/mol. The molecule has 0 fully saturated rings. The van der Waals surface area contributed by atoms with E-state index in [4.69, 9.17) is 4.55 Å². The zero-order chi connectivity index (χ0) is 10.1. The molecular formula is C8H7NaO3S. The molecule has 0 aliphatic rings. The van der Waals surface area contributed by atoms with E-state index in [9.17, 15) is 8.42 Å². The summed E-state index contributed by atoms with van der Waals surface area (Å²) in [5.41, 5.74) is 0.433. The van der Waals surface area contributed by atoms with Gasteiger partial charge in [-0.05, 0) is 0 Å². The zero-order valence-electron chi connectivity index (χ0n) is 7.19. The maximum absolute atomic E-state index is 10.9. The van der Waals surface area contributed by atoms with E-state index in [-0.39, 0.29) is 4.90 Å². The Bertz CT molecular complexity index is 437. The van der Waals surface area contributed by atoms with E-state index in [1.165, 1.54) is 12.1 Å². The van der Waals surface area contributed by atoms with Gasteiger partial charge < -0.3 is 0 Å². The van der Waals surface area contributed by atoms with Crippen molar-refractivity contribution in [2.75, 3.05) is 0 Å². The van der Waals surface area contributed by atoms with Gasteiger partial charge in [0, 0.05) is 0 Å². The fourth-order valence-electron chi connectivity index (χ4n) is 1.03. The van der Waals surface area contributed by atoms with Gasteiger partial charge in [-0.25, -0.2) is 0 Å². The van der Waals surface area contributed by atoms with Crippen LogP contribution in [0.5, 0.6) is 0 Å². The van der Waals surface area contributed by atoms with Crippen molar-refractivity contribution in [2.45, 2.75) is 4.90 Å². The summed E-state index contributed by atoms with van der Waals surface area (Å²) in [7, 11) is -4.12. The molecule has 1 aromatic carbocycles. The van der Waals surface area contributed by atoms with Crippen LogP contribution >= 0.6 is 0 Å². The Hall–Kier alpha value is -0.130. The molecule has 0 atom stereocenters. The van der Waals surface area contributed by atoms with Crippen LogP contribution in [0.1, 0.15) is 5.56 Å². The van der Waals surface area contributed by atoms with E-state index in [2.05, 4.69) is 6.58 Å². The second-order valence-electron chi connectivity index (χ2n) is 2.72. The molecule has 0 heterocycles. The van der Waals surface area contributed by atoms with Gasteiger partial charge in [0.15, 0.2) is 0 Å². The van der Waals surface area contributed by atoms with E-state index in [0.717, 1.165) is 30.7 Å². The van der Waals surface area contributed by atoms with Crippen molar-refractivity contribution in [2.24, 2.45) is 0 Å². The third-order valence-corrected chi connectivity index (χ3v) is 3.20. The second-order valence-corrected chi connectivity index (χ2v) is 5.27. The SMILES string of the molecule is C=Cc1cc[c]([Na])cc1S(=O)(=O)O. The molecule has 0 saturated carbocycles. The van der Waals surface area contributed by atoms with Crippen molar-refractivity contribution >= 4 is 46.9 Å². The molecule has 64 valence electrons. The van der Waals surface area contributed by atoms with Gasteiger partial charge in [0.25, 0.3) is 0 Å². The van der Waals surface area contributed by atoms with Crippen LogP contribution in [0.3, 0.4) is 0 Å². The van der Waals surface area contributed by atoms with Crippen LogP contribution in [0.15, 0.2) is 29.7 Å². The molecule has 3 nitrogen and oxygen atoms in total. The third-order valence-electron chi connectivity index (χ3n) is 1.67. The van der Waals surface area contributed by atoms with Gasteiger partial charge >= 0.3 is 95.1 Å². The van der Waals surface area contributed by atoms with E-state index in [1.54, 1.807) is 6.07 Å². The van der Waals surface area contributed by atoms with Crippen LogP contribution in [-0.4, -0.2) is 40.9 Å². The van der Waals surface area contributed by atoms with E-state index in [0.29, 0.717) is 5.56 Å². The Morgan fingerprint density at radius 3 is 2.54 bits per heavy atom. The summed E-state index contributed by atoms with van der Waals surface area (Å²) in [6.07, 6.45) is 1.41. The van der Waals surface area contributed by atoms with E-state index >= 15 is 0 Å². The van der Waals surface area contributed by atoms with Crippen LogP contribution in [0, 0.1) is 0 Å². The van der Waals surface area contributed by atoms with Gasteiger partial charge in [-0.15, -0.1) is 0 Å². The topological polar surface area (TPSA) is 54.4 Å². The molecule has 1 rings (SSSR count). The fraction of sp³-hybridized carbons (Fsp3) is 0. The average molecular weight is 206 g/mol. The molecule has 1 aromatic rings. The first-order valence-corrected chi connectivity index (χ1v) is 6.10. The Kier molecular flexibility index (Phi) is 3.32. The number of hydrogen-bond acceptors (Lipinski definition) is 2. The van der Waals surface area contributed by atoms with Crippen molar-refractivity contribution in [3.05, 3.63) is 30.3 Å². The van der Waals surface area contributed by atoms with Crippen LogP contribution in [0.25, 0.3) is 6.08 Å². The summed E-state index contributed by atoms with van der Waals surface area (Å²) in [5.74, 6) is 0. The molecule has 0 saturated heterocycles. The Labute approximate surface area is 94.6 Å². The van der Waals surface area contributed by atoms with Gasteiger partial charge in [0.05, 0.1) is 0 Å². The van der Waals surface area contributed by atoms with Crippen molar-refractivity contribution < 1.29 is 13.0 Å². The van der Waals surface area contributed by atoms with Crippen LogP contribution < -0.4 is 2.81 Å². The Morgan fingerprint density at radius 1 is 1.46 bits per heavy atom. The normalized spacial score (nSPS) is 11.3. The Morgan fingerprint density at radius 2 is 2.08 bits per heavy atom. The monoisotopic (exact) mass is 206 g/mol.